The van der Waals surface area contributed by atoms with Crippen LogP contribution in [0.1, 0.15) is 38.0 Å². The number of carbonyl (C=O) groups excluding carboxylic acids is 3. The number of carbonyl (C=O) groups is 3. The third-order valence-electron chi connectivity index (χ3n) is 5.20. The van der Waals surface area contributed by atoms with Gasteiger partial charge < -0.3 is 4.74 Å². The van der Waals surface area contributed by atoms with Crippen LogP contribution in [-0.4, -0.2) is 40.8 Å². The number of amides is 3. The van der Waals surface area contributed by atoms with Gasteiger partial charge in [0, 0.05) is 11.8 Å². The molecule has 0 saturated heterocycles. The Labute approximate surface area is 189 Å². The molecule has 0 N–H and O–H groups in total. The molecule has 1 heterocycles. The van der Waals surface area contributed by atoms with E-state index in [1.165, 1.54) is 29.2 Å². The average Bonchev–Trinajstić information content (AvgIpc) is 3.07. The van der Waals surface area contributed by atoms with E-state index in [4.69, 9.17) is 4.74 Å². The third kappa shape index (κ3) is 4.03. The molecule has 0 saturated carbocycles. The minimum atomic E-state index is -0.719. The standard InChI is InChI=1S/C24H19N3O6/c1-2-33-17-13-11-16(12-14-17)25(24(30)20-9-5-6-10-21(20)27(31)32)15-26-22(28)18-7-3-4-8-19(18)23(26)29/h3-14H,2,15H2,1H3. The van der Waals surface area contributed by atoms with Gasteiger partial charge in [-0.1, -0.05) is 24.3 Å². The Morgan fingerprint density at radius 3 is 2.09 bits per heavy atom. The smallest absolute Gasteiger partial charge is 0.282 e. The van der Waals surface area contributed by atoms with Crippen molar-refractivity contribution in [2.45, 2.75) is 6.92 Å². The van der Waals surface area contributed by atoms with E-state index in [9.17, 15) is 24.5 Å². The maximum Gasteiger partial charge on any atom is 0.282 e. The Kier molecular flexibility index (Phi) is 5.86. The van der Waals surface area contributed by atoms with Crippen molar-refractivity contribution in [3.05, 3.63) is 99.6 Å². The molecular formula is C24H19N3O6. The number of rotatable bonds is 7. The molecule has 0 aliphatic carbocycles. The molecule has 9 nitrogen and oxygen atoms in total. The summed E-state index contributed by atoms with van der Waals surface area (Å²) in [5.41, 5.74) is 0.298. The summed E-state index contributed by atoms with van der Waals surface area (Å²) in [5.74, 6) is -1.23. The van der Waals surface area contributed by atoms with E-state index in [-0.39, 0.29) is 22.4 Å². The molecule has 1 aliphatic rings. The summed E-state index contributed by atoms with van der Waals surface area (Å²) in [7, 11) is 0. The zero-order chi connectivity index (χ0) is 23.5. The number of nitro benzene ring substituents is 1. The first-order chi connectivity index (χ1) is 15.9. The number of para-hydroxylation sites is 1. The average molecular weight is 445 g/mol. The zero-order valence-corrected chi connectivity index (χ0v) is 17.6. The van der Waals surface area contributed by atoms with Crippen LogP contribution in [0.15, 0.2) is 72.8 Å². The van der Waals surface area contributed by atoms with Crippen molar-refractivity contribution in [2.24, 2.45) is 0 Å². The van der Waals surface area contributed by atoms with E-state index < -0.39 is 29.3 Å². The van der Waals surface area contributed by atoms with Crippen molar-refractivity contribution in [3.63, 3.8) is 0 Å². The van der Waals surface area contributed by atoms with Crippen molar-refractivity contribution in [3.8, 4) is 5.75 Å². The zero-order valence-electron chi connectivity index (χ0n) is 17.6. The lowest BCUT2D eigenvalue weighted by Crippen LogP contribution is -2.44. The molecule has 0 aromatic heterocycles. The summed E-state index contributed by atoms with van der Waals surface area (Å²) in [6, 6.07) is 18.4. The molecule has 3 amide bonds. The number of nitrogens with zero attached hydrogens (tertiary/aromatic N) is 3. The van der Waals surface area contributed by atoms with E-state index in [0.717, 1.165) is 4.90 Å². The van der Waals surface area contributed by atoms with E-state index in [0.29, 0.717) is 18.0 Å². The Morgan fingerprint density at radius 1 is 0.939 bits per heavy atom. The first kappa shape index (κ1) is 21.7. The van der Waals surface area contributed by atoms with E-state index >= 15 is 0 Å². The minimum Gasteiger partial charge on any atom is -0.494 e. The van der Waals surface area contributed by atoms with E-state index in [1.54, 1.807) is 48.5 Å². The number of hydrogen-bond donors (Lipinski definition) is 0. The molecule has 0 atom stereocenters. The van der Waals surface area contributed by atoms with E-state index in [2.05, 4.69) is 0 Å². The summed E-state index contributed by atoms with van der Waals surface area (Å²) in [6.07, 6.45) is 0. The first-order valence-electron chi connectivity index (χ1n) is 10.2. The monoisotopic (exact) mass is 445 g/mol. The molecular weight excluding hydrogens is 426 g/mol. The maximum absolute atomic E-state index is 13.5. The predicted molar refractivity (Wildman–Crippen MR) is 119 cm³/mol. The number of anilines is 1. The van der Waals surface area contributed by atoms with Crippen molar-refractivity contribution >= 4 is 29.1 Å². The highest BCUT2D eigenvalue weighted by atomic mass is 16.6. The van der Waals surface area contributed by atoms with Crippen LogP contribution in [0, 0.1) is 10.1 Å². The molecule has 4 rings (SSSR count). The number of imide groups is 1. The van der Waals surface area contributed by atoms with Crippen LogP contribution in [0.2, 0.25) is 0 Å². The molecule has 1 aliphatic heterocycles. The highest BCUT2D eigenvalue weighted by Crippen LogP contribution is 2.28. The fourth-order valence-corrected chi connectivity index (χ4v) is 3.62. The lowest BCUT2D eigenvalue weighted by Gasteiger charge is -2.27. The molecule has 0 radical (unpaired) electrons. The lowest BCUT2D eigenvalue weighted by atomic mass is 10.1. The summed E-state index contributed by atoms with van der Waals surface area (Å²) in [6.45, 7) is 1.87. The Balaban J connectivity index is 1.74. The van der Waals surface area contributed by atoms with Gasteiger partial charge in [-0.25, -0.2) is 0 Å². The maximum atomic E-state index is 13.5. The normalized spacial score (nSPS) is 12.5. The van der Waals surface area contributed by atoms with Gasteiger partial charge in [0.2, 0.25) is 0 Å². The van der Waals surface area contributed by atoms with Gasteiger partial charge in [-0.2, -0.15) is 0 Å². The van der Waals surface area contributed by atoms with Gasteiger partial charge in [0.15, 0.2) is 0 Å². The van der Waals surface area contributed by atoms with Crippen LogP contribution < -0.4 is 9.64 Å². The van der Waals surface area contributed by atoms with Crippen LogP contribution >= 0.6 is 0 Å². The van der Waals surface area contributed by atoms with Gasteiger partial charge >= 0.3 is 0 Å². The molecule has 0 unspecified atom stereocenters. The van der Waals surface area contributed by atoms with Gasteiger partial charge in [0.25, 0.3) is 23.4 Å². The van der Waals surface area contributed by atoms with Gasteiger partial charge in [0.1, 0.15) is 18.0 Å². The van der Waals surface area contributed by atoms with Crippen LogP contribution in [-0.2, 0) is 0 Å². The lowest BCUT2D eigenvalue weighted by molar-refractivity contribution is -0.385. The van der Waals surface area contributed by atoms with Crippen molar-refractivity contribution in [1.29, 1.82) is 0 Å². The Bertz CT molecular complexity index is 1220. The number of fused-ring (bicyclic) bond motifs is 1. The second kappa shape index (κ2) is 8.91. The van der Waals surface area contributed by atoms with Gasteiger partial charge in [-0.15, -0.1) is 0 Å². The highest BCUT2D eigenvalue weighted by molar-refractivity contribution is 6.22. The van der Waals surface area contributed by atoms with Crippen LogP contribution in [0.3, 0.4) is 0 Å². The van der Waals surface area contributed by atoms with Crippen molar-refractivity contribution in [1.82, 2.24) is 4.90 Å². The minimum absolute atomic E-state index is 0.159. The van der Waals surface area contributed by atoms with Gasteiger partial charge in [-0.3, -0.25) is 34.3 Å². The molecule has 166 valence electrons. The molecule has 9 heteroatoms. The van der Waals surface area contributed by atoms with Gasteiger partial charge in [-0.05, 0) is 49.4 Å². The molecule has 3 aromatic rings. The summed E-state index contributed by atoms with van der Waals surface area (Å²) >= 11 is 0. The number of nitro groups is 1. The largest absolute Gasteiger partial charge is 0.494 e. The quantitative estimate of drug-likeness (QED) is 0.310. The molecule has 3 aromatic carbocycles. The SMILES string of the molecule is CCOc1ccc(N(CN2C(=O)c3ccccc3C2=O)C(=O)c2ccccc2[N+](=O)[O-])cc1. The van der Waals surface area contributed by atoms with E-state index in [1.807, 2.05) is 6.92 Å². The Hall–Kier alpha value is -4.53. The van der Waals surface area contributed by atoms with Crippen molar-refractivity contribution in [2.75, 3.05) is 18.2 Å². The summed E-state index contributed by atoms with van der Waals surface area (Å²) < 4.78 is 5.43. The molecule has 0 spiro atoms. The van der Waals surface area contributed by atoms with Crippen LogP contribution in [0.5, 0.6) is 5.75 Å². The third-order valence-corrected chi connectivity index (χ3v) is 5.20. The topological polar surface area (TPSA) is 110 Å². The van der Waals surface area contributed by atoms with Gasteiger partial charge in [0.05, 0.1) is 22.7 Å². The summed E-state index contributed by atoms with van der Waals surface area (Å²) in [4.78, 5) is 52.2. The molecule has 0 fully saturated rings. The second-order valence-corrected chi connectivity index (χ2v) is 7.16. The fourth-order valence-electron chi connectivity index (χ4n) is 3.62. The molecule has 33 heavy (non-hydrogen) atoms. The summed E-state index contributed by atoms with van der Waals surface area (Å²) in [5, 5.41) is 11.5. The number of hydrogen-bond acceptors (Lipinski definition) is 6. The Morgan fingerprint density at radius 2 is 1.52 bits per heavy atom. The van der Waals surface area contributed by atoms with Crippen molar-refractivity contribution < 1.29 is 24.0 Å². The second-order valence-electron chi connectivity index (χ2n) is 7.16. The van der Waals surface area contributed by atoms with Crippen LogP contribution in [0.25, 0.3) is 0 Å². The number of benzene rings is 3. The van der Waals surface area contributed by atoms with Crippen LogP contribution in [0.4, 0.5) is 11.4 Å². The highest BCUT2D eigenvalue weighted by Gasteiger charge is 2.38. The first-order valence-corrected chi connectivity index (χ1v) is 10.2. The number of ether oxygens (including phenoxy) is 1. The molecule has 0 bridgehead atoms. The predicted octanol–water partition coefficient (Wildman–Crippen LogP) is 3.89. The fraction of sp³-hybridized carbons (Fsp3) is 0.125.